The third-order valence-corrected chi connectivity index (χ3v) is 3.70. The highest BCUT2D eigenvalue weighted by Crippen LogP contribution is 2.28. The van der Waals surface area contributed by atoms with Gasteiger partial charge in [-0.25, -0.2) is 0 Å². The highest BCUT2D eigenvalue weighted by molar-refractivity contribution is 6.30. The van der Waals surface area contributed by atoms with Crippen molar-refractivity contribution in [2.45, 2.75) is 19.3 Å². The number of rotatable bonds is 10. The highest BCUT2D eigenvalue weighted by Gasteiger charge is 2.05. The molecular weight excluding hydrogens is 324 g/mol. The van der Waals surface area contributed by atoms with Crippen molar-refractivity contribution < 1.29 is 14.2 Å². The minimum absolute atomic E-state index is 0.621. The third-order valence-electron chi connectivity index (χ3n) is 3.47. The van der Waals surface area contributed by atoms with Crippen LogP contribution in [0, 0.1) is 0 Å². The van der Waals surface area contributed by atoms with Gasteiger partial charge in [-0.15, -0.1) is 6.58 Å². The number of hydrogen-bond acceptors (Lipinski definition) is 3. The summed E-state index contributed by atoms with van der Waals surface area (Å²) in [4.78, 5) is 0. The molecule has 0 amide bonds. The molecule has 0 atom stereocenters. The summed E-state index contributed by atoms with van der Waals surface area (Å²) in [5.74, 6) is 2.31. The molecule has 0 fully saturated rings. The van der Waals surface area contributed by atoms with Crippen molar-refractivity contribution in [3.05, 3.63) is 65.7 Å². The first-order valence-corrected chi connectivity index (χ1v) is 8.39. The summed E-state index contributed by atoms with van der Waals surface area (Å²) in [6, 6.07) is 13.4. The van der Waals surface area contributed by atoms with Crippen molar-refractivity contribution in [3.8, 4) is 17.2 Å². The average Bonchev–Trinajstić information content (AvgIpc) is 2.59. The van der Waals surface area contributed by atoms with Crippen LogP contribution in [0.25, 0.3) is 0 Å². The summed E-state index contributed by atoms with van der Waals surface area (Å²) in [6.45, 7) is 5.01. The Morgan fingerprint density at radius 2 is 1.79 bits per heavy atom. The molecule has 0 spiro atoms. The van der Waals surface area contributed by atoms with Gasteiger partial charge in [0, 0.05) is 5.02 Å². The van der Waals surface area contributed by atoms with Crippen LogP contribution in [-0.2, 0) is 6.42 Å². The van der Waals surface area contributed by atoms with Crippen LogP contribution in [0.2, 0.25) is 5.02 Å². The lowest BCUT2D eigenvalue weighted by atomic mass is 10.1. The van der Waals surface area contributed by atoms with Gasteiger partial charge in [0.2, 0.25) is 0 Å². The second-order valence-electron chi connectivity index (χ2n) is 5.34. The van der Waals surface area contributed by atoms with E-state index >= 15 is 0 Å². The number of benzene rings is 2. The molecule has 0 bridgehead atoms. The topological polar surface area (TPSA) is 27.7 Å². The van der Waals surface area contributed by atoms with Gasteiger partial charge in [0.25, 0.3) is 0 Å². The Balaban J connectivity index is 1.71. The predicted octanol–water partition coefficient (Wildman–Crippen LogP) is 5.32. The number of unbranched alkanes of at least 4 members (excludes halogenated alkanes) is 1. The zero-order valence-corrected chi connectivity index (χ0v) is 14.7. The Hall–Kier alpha value is -2.13. The SMILES string of the molecule is C=CCc1ccc(OCCCCOc2cccc(Cl)c2)c(OC)c1. The summed E-state index contributed by atoms with van der Waals surface area (Å²) in [7, 11) is 1.65. The molecule has 0 saturated carbocycles. The second-order valence-corrected chi connectivity index (χ2v) is 5.78. The number of ether oxygens (including phenoxy) is 3. The van der Waals surface area contributed by atoms with Crippen LogP contribution in [0.1, 0.15) is 18.4 Å². The molecule has 0 radical (unpaired) electrons. The Labute approximate surface area is 148 Å². The average molecular weight is 347 g/mol. The van der Waals surface area contributed by atoms with Gasteiger partial charge in [-0.2, -0.15) is 0 Å². The van der Waals surface area contributed by atoms with E-state index in [0.717, 1.165) is 42.1 Å². The monoisotopic (exact) mass is 346 g/mol. The van der Waals surface area contributed by atoms with E-state index in [4.69, 9.17) is 25.8 Å². The van der Waals surface area contributed by atoms with Gasteiger partial charge in [-0.3, -0.25) is 0 Å². The zero-order valence-electron chi connectivity index (χ0n) is 14.0. The molecule has 2 aromatic carbocycles. The quantitative estimate of drug-likeness (QED) is 0.430. The minimum atomic E-state index is 0.621. The fraction of sp³-hybridized carbons (Fsp3) is 0.300. The summed E-state index contributed by atoms with van der Waals surface area (Å²) < 4.78 is 16.8. The molecule has 2 rings (SSSR count). The largest absolute Gasteiger partial charge is 0.494 e. The van der Waals surface area contributed by atoms with E-state index in [0.29, 0.717) is 18.2 Å². The Kier molecular flexibility index (Phi) is 7.50. The van der Waals surface area contributed by atoms with Crippen molar-refractivity contribution in [2.75, 3.05) is 20.3 Å². The molecule has 0 aliphatic rings. The third kappa shape index (κ3) is 5.82. The maximum Gasteiger partial charge on any atom is 0.161 e. The molecule has 0 aromatic heterocycles. The molecular formula is C20H23ClO3. The Morgan fingerprint density at radius 3 is 2.50 bits per heavy atom. The predicted molar refractivity (Wildman–Crippen MR) is 98.6 cm³/mol. The molecule has 2 aromatic rings. The standard InChI is InChI=1S/C20H23ClO3/c1-3-7-16-10-11-19(20(14-16)22-2)24-13-5-4-12-23-18-9-6-8-17(21)15-18/h3,6,8-11,14-15H,1,4-5,7,12-13H2,2H3. The van der Waals surface area contributed by atoms with E-state index in [9.17, 15) is 0 Å². The summed E-state index contributed by atoms with van der Waals surface area (Å²) >= 11 is 5.92. The molecule has 0 aliphatic carbocycles. The van der Waals surface area contributed by atoms with Crippen LogP contribution in [0.3, 0.4) is 0 Å². The van der Waals surface area contributed by atoms with E-state index in [1.165, 1.54) is 0 Å². The van der Waals surface area contributed by atoms with Crippen LogP contribution in [0.4, 0.5) is 0 Å². The summed E-state index contributed by atoms with van der Waals surface area (Å²) in [5, 5.41) is 0.683. The lowest BCUT2D eigenvalue weighted by molar-refractivity contribution is 0.258. The van der Waals surface area contributed by atoms with Gasteiger partial charge >= 0.3 is 0 Å². The molecule has 0 heterocycles. The molecule has 128 valence electrons. The van der Waals surface area contributed by atoms with Crippen LogP contribution < -0.4 is 14.2 Å². The van der Waals surface area contributed by atoms with Crippen LogP contribution in [-0.4, -0.2) is 20.3 Å². The normalized spacial score (nSPS) is 10.2. The van der Waals surface area contributed by atoms with Gasteiger partial charge in [-0.05, 0) is 55.2 Å². The van der Waals surface area contributed by atoms with Crippen molar-refractivity contribution in [3.63, 3.8) is 0 Å². The Morgan fingerprint density at radius 1 is 1.00 bits per heavy atom. The number of allylic oxidation sites excluding steroid dienone is 1. The smallest absolute Gasteiger partial charge is 0.161 e. The summed E-state index contributed by atoms with van der Waals surface area (Å²) in [5.41, 5.74) is 1.16. The number of methoxy groups -OCH3 is 1. The molecule has 0 saturated heterocycles. The van der Waals surface area contributed by atoms with E-state index in [1.807, 2.05) is 48.5 Å². The molecule has 0 aliphatic heterocycles. The minimum Gasteiger partial charge on any atom is -0.494 e. The first-order valence-electron chi connectivity index (χ1n) is 8.02. The van der Waals surface area contributed by atoms with Gasteiger partial charge in [0.05, 0.1) is 20.3 Å². The van der Waals surface area contributed by atoms with Gasteiger partial charge in [0.15, 0.2) is 11.5 Å². The zero-order chi connectivity index (χ0) is 17.2. The van der Waals surface area contributed by atoms with Crippen LogP contribution >= 0.6 is 11.6 Å². The van der Waals surface area contributed by atoms with Gasteiger partial charge < -0.3 is 14.2 Å². The second kappa shape index (κ2) is 9.89. The maximum atomic E-state index is 5.92. The highest BCUT2D eigenvalue weighted by atomic mass is 35.5. The number of halogens is 1. The van der Waals surface area contributed by atoms with Gasteiger partial charge in [0.1, 0.15) is 5.75 Å². The van der Waals surface area contributed by atoms with Crippen molar-refractivity contribution in [1.82, 2.24) is 0 Å². The van der Waals surface area contributed by atoms with Crippen LogP contribution in [0.15, 0.2) is 55.1 Å². The molecule has 0 unspecified atom stereocenters. The first-order chi connectivity index (χ1) is 11.7. The van der Waals surface area contributed by atoms with Crippen LogP contribution in [0.5, 0.6) is 17.2 Å². The molecule has 4 heteroatoms. The van der Waals surface area contributed by atoms with Crippen molar-refractivity contribution in [1.29, 1.82) is 0 Å². The summed E-state index contributed by atoms with van der Waals surface area (Å²) in [6.07, 6.45) is 4.49. The Bertz CT molecular complexity index is 655. The van der Waals surface area contributed by atoms with E-state index in [-0.39, 0.29) is 0 Å². The molecule has 0 N–H and O–H groups in total. The fourth-order valence-corrected chi connectivity index (χ4v) is 2.44. The van der Waals surface area contributed by atoms with Crippen molar-refractivity contribution >= 4 is 11.6 Å². The van der Waals surface area contributed by atoms with Gasteiger partial charge in [-0.1, -0.05) is 29.8 Å². The first kappa shape index (κ1) is 18.2. The fourth-order valence-electron chi connectivity index (χ4n) is 2.26. The van der Waals surface area contributed by atoms with E-state index in [2.05, 4.69) is 6.58 Å². The van der Waals surface area contributed by atoms with Crippen molar-refractivity contribution in [2.24, 2.45) is 0 Å². The lowest BCUT2D eigenvalue weighted by Crippen LogP contribution is -2.03. The maximum absolute atomic E-state index is 5.92. The van der Waals surface area contributed by atoms with E-state index in [1.54, 1.807) is 7.11 Å². The number of hydrogen-bond donors (Lipinski definition) is 0. The van der Waals surface area contributed by atoms with E-state index < -0.39 is 0 Å². The molecule has 24 heavy (non-hydrogen) atoms. The molecule has 3 nitrogen and oxygen atoms in total. The lowest BCUT2D eigenvalue weighted by Gasteiger charge is -2.12.